The van der Waals surface area contributed by atoms with Crippen molar-refractivity contribution in [2.24, 2.45) is 0 Å². The molecule has 8 heteroatoms. The van der Waals surface area contributed by atoms with E-state index in [1.165, 1.54) is 0 Å². The van der Waals surface area contributed by atoms with Gasteiger partial charge in [0.1, 0.15) is 12.3 Å². The quantitative estimate of drug-likeness (QED) is 0.568. The number of piperidine rings is 1. The zero-order valence-electron chi connectivity index (χ0n) is 18.9. The Bertz CT molecular complexity index is 1030. The lowest BCUT2D eigenvalue weighted by molar-refractivity contribution is -0.133. The summed E-state index contributed by atoms with van der Waals surface area (Å²) in [5.74, 6) is 1.75. The maximum absolute atomic E-state index is 12.9. The van der Waals surface area contributed by atoms with Crippen LogP contribution in [0.4, 0.5) is 5.95 Å². The van der Waals surface area contributed by atoms with Gasteiger partial charge in [-0.2, -0.15) is 5.10 Å². The van der Waals surface area contributed by atoms with Crippen molar-refractivity contribution < 1.29 is 9.53 Å². The molecule has 1 aliphatic rings. The van der Waals surface area contributed by atoms with E-state index in [-0.39, 0.29) is 18.4 Å². The zero-order chi connectivity index (χ0) is 22.5. The fourth-order valence-electron chi connectivity index (χ4n) is 4.09. The van der Waals surface area contributed by atoms with E-state index < -0.39 is 0 Å². The maximum atomic E-state index is 12.9. The van der Waals surface area contributed by atoms with Gasteiger partial charge in [-0.3, -0.25) is 9.48 Å². The van der Waals surface area contributed by atoms with Crippen molar-refractivity contribution in [2.75, 3.05) is 38.7 Å². The fourth-order valence-corrected chi connectivity index (χ4v) is 4.09. The molecule has 4 rings (SSSR count). The van der Waals surface area contributed by atoms with Crippen molar-refractivity contribution in [2.45, 2.75) is 32.2 Å². The van der Waals surface area contributed by atoms with Crippen LogP contribution < -0.4 is 9.64 Å². The van der Waals surface area contributed by atoms with E-state index in [9.17, 15) is 4.79 Å². The summed E-state index contributed by atoms with van der Waals surface area (Å²) in [5, 5.41) is 4.17. The van der Waals surface area contributed by atoms with Crippen LogP contribution >= 0.6 is 0 Å². The summed E-state index contributed by atoms with van der Waals surface area (Å²) in [6.45, 7) is 4.28. The number of hydrogen-bond acceptors (Lipinski definition) is 6. The number of carbonyl (C=O) groups is 1. The number of likely N-dealkylation sites (tertiary alicyclic amines) is 1. The molecule has 168 valence electrons. The van der Waals surface area contributed by atoms with Crippen LogP contribution in [0.25, 0.3) is 11.1 Å². The summed E-state index contributed by atoms with van der Waals surface area (Å²) in [5.41, 5.74) is 3.04. The molecule has 0 saturated carbocycles. The molecule has 32 heavy (non-hydrogen) atoms. The molecule has 0 radical (unpaired) electrons. The second-order valence-corrected chi connectivity index (χ2v) is 8.20. The molecule has 1 aliphatic heterocycles. The lowest BCUT2D eigenvalue weighted by Gasteiger charge is -2.33. The molecule has 1 atom stereocenters. The van der Waals surface area contributed by atoms with Crippen LogP contribution in [0.3, 0.4) is 0 Å². The summed E-state index contributed by atoms with van der Waals surface area (Å²) in [4.78, 5) is 26.2. The number of nitrogens with zero attached hydrogens (tertiary/aromatic N) is 6. The minimum atomic E-state index is 0.0860. The van der Waals surface area contributed by atoms with Gasteiger partial charge in [-0.05, 0) is 43.5 Å². The highest BCUT2D eigenvalue weighted by molar-refractivity contribution is 5.76. The third kappa shape index (κ3) is 4.90. The average Bonchev–Trinajstić information content (AvgIpc) is 3.32. The van der Waals surface area contributed by atoms with E-state index in [2.05, 4.69) is 10.1 Å². The number of carbonyl (C=O) groups excluding carboxylic acids is 1. The van der Waals surface area contributed by atoms with E-state index in [1.54, 1.807) is 10.9 Å². The third-order valence-corrected chi connectivity index (χ3v) is 5.70. The van der Waals surface area contributed by atoms with Crippen molar-refractivity contribution >= 4 is 11.9 Å². The molecule has 0 N–H and O–H groups in total. The molecule has 1 amide bonds. The molecule has 2 aromatic heterocycles. The lowest BCUT2D eigenvalue weighted by Crippen LogP contribution is -2.41. The van der Waals surface area contributed by atoms with E-state index in [4.69, 9.17) is 9.72 Å². The highest BCUT2D eigenvalue weighted by Crippen LogP contribution is 2.34. The molecule has 3 heterocycles. The summed E-state index contributed by atoms with van der Waals surface area (Å²) < 4.78 is 7.26. The van der Waals surface area contributed by atoms with E-state index in [0.717, 1.165) is 42.0 Å². The largest absolute Gasteiger partial charge is 0.494 e. The number of hydrogen-bond donors (Lipinski definition) is 0. The Balaban J connectivity index is 1.61. The molecule has 0 spiro atoms. The van der Waals surface area contributed by atoms with Crippen molar-refractivity contribution in [3.05, 3.63) is 54.6 Å². The highest BCUT2D eigenvalue weighted by atomic mass is 16.5. The minimum absolute atomic E-state index is 0.0860. The van der Waals surface area contributed by atoms with Gasteiger partial charge >= 0.3 is 0 Å². The Morgan fingerprint density at radius 2 is 2.06 bits per heavy atom. The van der Waals surface area contributed by atoms with Crippen LogP contribution in [0.5, 0.6) is 5.75 Å². The van der Waals surface area contributed by atoms with E-state index in [1.807, 2.05) is 73.5 Å². The van der Waals surface area contributed by atoms with Gasteiger partial charge in [0.25, 0.3) is 0 Å². The first kappa shape index (κ1) is 21.8. The Kier molecular flexibility index (Phi) is 6.68. The Labute approximate surface area is 188 Å². The topological polar surface area (TPSA) is 76.4 Å². The predicted octanol–water partition coefficient (Wildman–Crippen LogP) is 3.21. The molecule has 0 unspecified atom stereocenters. The second-order valence-electron chi connectivity index (χ2n) is 8.20. The van der Waals surface area contributed by atoms with Crippen LogP contribution in [0, 0.1) is 0 Å². The molecular weight excluding hydrogens is 404 g/mol. The first-order valence-electron chi connectivity index (χ1n) is 11.1. The normalized spacial score (nSPS) is 16.1. The van der Waals surface area contributed by atoms with Crippen LogP contribution in [0.2, 0.25) is 0 Å². The first-order chi connectivity index (χ1) is 15.5. The zero-order valence-corrected chi connectivity index (χ0v) is 18.9. The Morgan fingerprint density at radius 1 is 1.25 bits per heavy atom. The van der Waals surface area contributed by atoms with Gasteiger partial charge in [0, 0.05) is 57.3 Å². The number of aromatic nitrogens is 4. The molecule has 3 aromatic rings. The number of anilines is 1. The lowest BCUT2D eigenvalue weighted by atomic mass is 9.90. The molecule has 1 fully saturated rings. The van der Waals surface area contributed by atoms with Crippen LogP contribution in [-0.4, -0.2) is 64.3 Å². The smallest absolute Gasteiger partial charge is 0.244 e. The monoisotopic (exact) mass is 434 g/mol. The molecule has 0 aliphatic carbocycles. The van der Waals surface area contributed by atoms with Gasteiger partial charge < -0.3 is 14.5 Å². The predicted molar refractivity (Wildman–Crippen MR) is 124 cm³/mol. The molecule has 1 aromatic carbocycles. The van der Waals surface area contributed by atoms with Crippen LogP contribution in [0.1, 0.15) is 31.4 Å². The third-order valence-electron chi connectivity index (χ3n) is 5.70. The van der Waals surface area contributed by atoms with Gasteiger partial charge in [-0.25, -0.2) is 9.97 Å². The second kappa shape index (κ2) is 9.80. The average molecular weight is 435 g/mol. The van der Waals surface area contributed by atoms with Crippen molar-refractivity contribution in [3.8, 4) is 16.9 Å². The minimum Gasteiger partial charge on any atom is -0.494 e. The van der Waals surface area contributed by atoms with Crippen molar-refractivity contribution in [1.82, 2.24) is 24.6 Å². The highest BCUT2D eigenvalue weighted by Gasteiger charge is 2.28. The number of ether oxygens (including phenoxy) is 1. The molecule has 1 saturated heterocycles. The van der Waals surface area contributed by atoms with Crippen LogP contribution in [-0.2, 0) is 11.3 Å². The summed E-state index contributed by atoms with van der Waals surface area (Å²) in [6, 6.07) is 9.88. The van der Waals surface area contributed by atoms with Gasteiger partial charge in [0.05, 0.1) is 12.3 Å². The summed E-state index contributed by atoms with van der Waals surface area (Å²) in [6.07, 6.45) is 7.34. The standard InChI is InChI=1S/C24H30N6O2/c1-4-32-20-10-8-18(9-11-20)21-15-25-24(28(2)3)27-23(21)19-7-5-13-29(16-19)22(31)17-30-14-6-12-26-30/h6,8-12,14-15,19H,4-5,7,13,16-17H2,1-3H3/t19-/m0/s1. The fraction of sp³-hybridized carbons (Fsp3) is 0.417. The Hall–Kier alpha value is -3.42. The number of amides is 1. The van der Waals surface area contributed by atoms with Gasteiger partial charge in [-0.1, -0.05) is 12.1 Å². The number of rotatable bonds is 7. The Morgan fingerprint density at radius 3 is 2.75 bits per heavy atom. The van der Waals surface area contributed by atoms with Crippen molar-refractivity contribution in [3.63, 3.8) is 0 Å². The van der Waals surface area contributed by atoms with Crippen molar-refractivity contribution in [1.29, 1.82) is 0 Å². The summed E-state index contributed by atoms with van der Waals surface area (Å²) in [7, 11) is 3.88. The van der Waals surface area contributed by atoms with Crippen LogP contribution in [0.15, 0.2) is 48.9 Å². The number of benzene rings is 1. The van der Waals surface area contributed by atoms with Gasteiger partial charge in [0.15, 0.2) is 0 Å². The molecule has 0 bridgehead atoms. The SMILES string of the molecule is CCOc1ccc(-c2cnc(N(C)C)nc2[C@H]2CCCN(C(=O)Cn3cccn3)C2)cc1. The van der Waals surface area contributed by atoms with E-state index in [0.29, 0.717) is 19.1 Å². The maximum Gasteiger partial charge on any atom is 0.244 e. The van der Waals surface area contributed by atoms with Gasteiger partial charge in [0.2, 0.25) is 11.9 Å². The summed E-state index contributed by atoms with van der Waals surface area (Å²) >= 11 is 0. The molecular formula is C24H30N6O2. The van der Waals surface area contributed by atoms with E-state index >= 15 is 0 Å². The first-order valence-corrected chi connectivity index (χ1v) is 11.1. The van der Waals surface area contributed by atoms with Gasteiger partial charge in [-0.15, -0.1) is 0 Å². The molecule has 8 nitrogen and oxygen atoms in total.